The smallest absolute Gasteiger partial charge is 0.152 e. The predicted molar refractivity (Wildman–Crippen MR) is 59.4 cm³/mol. The zero-order chi connectivity index (χ0) is 11.3. The third kappa shape index (κ3) is 1.09. The molecule has 2 heterocycles. The van der Waals surface area contributed by atoms with E-state index < -0.39 is 0 Å². The van der Waals surface area contributed by atoms with Crippen LogP contribution in [0, 0.1) is 17.1 Å². The Kier molecular flexibility index (Phi) is 1.79. The van der Waals surface area contributed by atoms with Crippen molar-refractivity contribution in [3.8, 4) is 6.07 Å². The molecule has 0 aliphatic carbocycles. The standard InChI is InChI=1S/C10H4BrFN4/c11-7-1-6(12)2-8-9(7)16-10(15-8)5(3-13)4-14-16/h1-2,4,15H. The molecule has 0 saturated heterocycles. The summed E-state index contributed by atoms with van der Waals surface area (Å²) in [6, 6.07) is 4.76. The van der Waals surface area contributed by atoms with Crippen molar-refractivity contribution in [1.82, 2.24) is 14.6 Å². The van der Waals surface area contributed by atoms with Gasteiger partial charge in [0.05, 0.1) is 11.7 Å². The highest BCUT2D eigenvalue weighted by Crippen LogP contribution is 2.26. The summed E-state index contributed by atoms with van der Waals surface area (Å²) in [7, 11) is 0. The van der Waals surface area contributed by atoms with Crippen molar-refractivity contribution in [2.24, 2.45) is 0 Å². The molecule has 4 nitrogen and oxygen atoms in total. The highest BCUT2D eigenvalue weighted by molar-refractivity contribution is 9.10. The lowest BCUT2D eigenvalue weighted by Gasteiger charge is -1.94. The van der Waals surface area contributed by atoms with Crippen LogP contribution in [0.4, 0.5) is 4.39 Å². The van der Waals surface area contributed by atoms with E-state index >= 15 is 0 Å². The fourth-order valence-electron chi connectivity index (χ4n) is 1.72. The molecule has 2 aromatic heterocycles. The summed E-state index contributed by atoms with van der Waals surface area (Å²) in [4.78, 5) is 2.97. The van der Waals surface area contributed by atoms with Gasteiger partial charge in [0.15, 0.2) is 5.65 Å². The van der Waals surface area contributed by atoms with Gasteiger partial charge in [-0.15, -0.1) is 0 Å². The van der Waals surface area contributed by atoms with E-state index in [2.05, 4.69) is 26.0 Å². The van der Waals surface area contributed by atoms with Crippen molar-refractivity contribution in [2.45, 2.75) is 0 Å². The zero-order valence-electron chi connectivity index (χ0n) is 7.83. The van der Waals surface area contributed by atoms with Crippen molar-refractivity contribution in [3.63, 3.8) is 0 Å². The summed E-state index contributed by atoms with van der Waals surface area (Å²) in [6.07, 6.45) is 1.47. The lowest BCUT2D eigenvalue weighted by molar-refractivity contribution is 0.628. The number of H-pyrrole nitrogens is 1. The Balaban J connectivity index is 2.57. The molecule has 1 aromatic carbocycles. The maximum absolute atomic E-state index is 13.2. The number of hydrogen-bond acceptors (Lipinski definition) is 2. The normalized spacial score (nSPS) is 11.1. The van der Waals surface area contributed by atoms with E-state index in [-0.39, 0.29) is 5.82 Å². The predicted octanol–water partition coefficient (Wildman–Crippen LogP) is 2.59. The lowest BCUT2D eigenvalue weighted by Crippen LogP contribution is -1.84. The summed E-state index contributed by atoms with van der Waals surface area (Å²) in [5, 5.41) is 12.9. The maximum atomic E-state index is 13.2. The Hall–Kier alpha value is -1.87. The van der Waals surface area contributed by atoms with E-state index in [1.165, 1.54) is 18.3 Å². The number of nitrogens with zero attached hydrogens (tertiary/aromatic N) is 3. The first-order chi connectivity index (χ1) is 7.70. The molecule has 0 radical (unpaired) electrons. The lowest BCUT2D eigenvalue weighted by atomic mass is 10.3. The molecule has 0 spiro atoms. The van der Waals surface area contributed by atoms with E-state index in [1.54, 1.807) is 4.52 Å². The molecule has 16 heavy (non-hydrogen) atoms. The number of aromatic amines is 1. The molecule has 0 bridgehead atoms. The van der Waals surface area contributed by atoms with Gasteiger partial charge in [0.2, 0.25) is 0 Å². The van der Waals surface area contributed by atoms with E-state index in [1.807, 2.05) is 6.07 Å². The fraction of sp³-hybridized carbons (Fsp3) is 0. The Bertz CT molecular complexity index is 749. The maximum Gasteiger partial charge on any atom is 0.152 e. The van der Waals surface area contributed by atoms with Gasteiger partial charge in [-0.05, 0) is 28.1 Å². The molecule has 3 aromatic rings. The van der Waals surface area contributed by atoms with Gasteiger partial charge in [0.25, 0.3) is 0 Å². The molecule has 0 fully saturated rings. The average Bonchev–Trinajstić information content (AvgIpc) is 2.74. The van der Waals surface area contributed by atoms with Crippen LogP contribution < -0.4 is 0 Å². The molecule has 78 valence electrons. The van der Waals surface area contributed by atoms with Crippen LogP contribution in [0.15, 0.2) is 22.8 Å². The number of imidazole rings is 1. The van der Waals surface area contributed by atoms with E-state index in [4.69, 9.17) is 5.26 Å². The second-order valence-corrected chi connectivity index (χ2v) is 4.19. The summed E-state index contributed by atoms with van der Waals surface area (Å²) in [6.45, 7) is 0. The van der Waals surface area contributed by atoms with Crippen LogP contribution in [0.2, 0.25) is 0 Å². The van der Waals surface area contributed by atoms with E-state index in [9.17, 15) is 4.39 Å². The van der Waals surface area contributed by atoms with Crippen molar-refractivity contribution in [3.05, 3.63) is 34.2 Å². The average molecular weight is 279 g/mol. The van der Waals surface area contributed by atoms with Crippen LogP contribution in [0.5, 0.6) is 0 Å². The number of fused-ring (bicyclic) bond motifs is 3. The molecule has 1 N–H and O–H groups in total. The fourth-order valence-corrected chi connectivity index (χ4v) is 2.32. The Morgan fingerprint density at radius 2 is 2.31 bits per heavy atom. The Morgan fingerprint density at radius 3 is 3.06 bits per heavy atom. The molecular weight excluding hydrogens is 275 g/mol. The topological polar surface area (TPSA) is 56.9 Å². The monoisotopic (exact) mass is 278 g/mol. The SMILES string of the molecule is N#Cc1cnn2c1[nH]c1cc(F)cc(Br)c12. The van der Waals surface area contributed by atoms with Crippen molar-refractivity contribution >= 4 is 32.6 Å². The van der Waals surface area contributed by atoms with Crippen LogP contribution in [0.3, 0.4) is 0 Å². The van der Waals surface area contributed by atoms with Crippen LogP contribution in [0.1, 0.15) is 5.56 Å². The van der Waals surface area contributed by atoms with Crippen molar-refractivity contribution in [2.75, 3.05) is 0 Å². The first-order valence-corrected chi connectivity index (χ1v) is 5.24. The summed E-state index contributed by atoms with van der Waals surface area (Å²) >= 11 is 3.28. The van der Waals surface area contributed by atoms with Crippen LogP contribution in [-0.4, -0.2) is 14.6 Å². The number of nitriles is 1. The first kappa shape index (κ1) is 9.36. The van der Waals surface area contributed by atoms with Crippen molar-refractivity contribution < 1.29 is 4.39 Å². The van der Waals surface area contributed by atoms with Crippen LogP contribution in [0.25, 0.3) is 16.7 Å². The van der Waals surface area contributed by atoms with Crippen LogP contribution >= 0.6 is 15.9 Å². The van der Waals surface area contributed by atoms with Gasteiger partial charge >= 0.3 is 0 Å². The Labute approximate surface area is 97.4 Å². The highest BCUT2D eigenvalue weighted by atomic mass is 79.9. The summed E-state index contributed by atoms with van der Waals surface area (Å²) < 4.78 is 15.3. The molecule has 0 aliphatic rings. The minimum atomic E-state index is -0.345. The molecule has 0 unspecified atom stereocenters. The molecule has 6 heteroatoms. The van der Waals surface area contributed by atoms with Gasteiger partial charge in [-0.2, -0.15) is 10.4 Å². The number of hydrogen-bond donors (Lipinski definition) is 1. The number of benzene rings is 1. The van der Waals surface area contributed by atoms with Gasteiger partial charge in [-0.3, -0.25) is 0 Å². The van der Waals surface area contributed by atoms with Crippen LogP contribution in [-0.2, 0) is 0 Å². The third-order valence-corrected chi connectivity index (χ3v) is 2.99. The highest BCUT2D eigenvalue weighted by Gasteiger charge is 2.13. The summed E-state index contributed by atoms with van der Waals surface area (Å²) in [5.41, 5.74) is 2.33. The number of aromatic nitrogens is 3. The second-order valence-electron chi connectivity index (χ2n) is 3.34. The second kappa shape index (κ2) is 3.06. The molecule has 0 aliphatic heterocycles. The number of rotatable bonds is 0. The van der Waals surface area contributed by atoms with Gasteiger partial charge in [0, 0.05) is 4.47 Å². The van der Waals surface area contributed by atoms with Gasteiger partial charge in [-0.1, -0.05) is 0 Å². The number of nitrogens with one attached hydrogen (secondary N) is 1. The van der Waals surface area contributed by atoms with Gasteiger partial charge in [0.1, 0.15) is 23.0 Å². The molecule has 0 atom stereocenters. The first-order valence-electron chi connectivity index (χ1n) is 4.45. The van der Waals surface area contributed by atoms with Crippen molar-refractivity contribution in [1.29, 1.82) is 5.26 Å². The van der Waals surface area contributed by atoms with E-state index in [0.717, 1.165) is 5.52 Å². The minimum Gasteiger partial charge on any atom is -0.337 e. The zero-order valence-corrected chi connectivity index (χ0v) is 9.42. The van der Waals surface area contributed by atoms with E-state index in [0.29, 0.717) is 21.2 Å². The Morgan fingerprint density at radius 1 is 1.50 bits per heavy atom. The molecule has 0 amide bonds. The molecular formula is C10H4BrFN4. The van der Waals surface area contributed by atoms with Gasteiger partial charge in [-0.25, -0.2) is 8.91 Å². The molecule has 3 rings (SSSR count). The summed E-state index contributed by atoms with van der Waals surface area (Å²) in [5.74, 6) is -0.345. The largest absolute Gasteiger partial charge is 0.337 e. The quantitative estimate of drug-likeness (QED) is 0.687. The van der Waals surface area contributed by atoms with Gasteiger partial charge < -0.3 is 4.98 Å². The third-order valence-electron chi connectivity index (χ3n) is 2.38. The minimum absolute atomic E-state index is 0.345. The number of halogens is 2. The molecule has 0 saturated carbocycles.